The van der Waals surface area contributed by atoms with E-state index in [0.29, 0.717) is 18.6 Å². The van der Waals surface area contributed by atoms with E-state index in [0.717, 1.165) is 23.2 Å². The van der Waals surface area contributed by atoms with Crippen molar-refractivity contribution in [1.29, 1.82) is 0 Å². The van der Waals surface area contributed by atoms with Crippen molar-refractivity contribution < 1.29 is 4.74 Å². The number of hydrogen-bond donors (Lipinski definition) is 1. The average molecular weight is 314 g/mol. The van der Waals surface area contributed by atoms with Crippen molar-refractivity contribution in [1.82, 2.24) is 5.32 Å². The smallest absolute Gasteiger partial charge is 0.133 e. The van der Waals surface area contributed by atoms with Gasteiger partial charge < -0.3 is 10.1 Å². The van der Waals surface area contributed by atoms with Gasteiger partial charge in [-0.05, 0) is 59.4 Å². The first-order valence-corrected chi connectivity index (χ1v) is 7.53. The van der Waals surface area contributed by atoms with Gasteiger partial charge >= 0.3 is 0 Å². The Morgan fingerprint density at radius 1 is 1.28 bits per heavy atom. The maximum absolute atomic E-state index is 5.55. The predicted molar refractivity (Wildman–Crippen MR) is 81.2 cm³/mol. The van der Waals surface area contributed by atoms with E-state index in [-0.39, 0.29) is 0 Å². The first-order chi connectivity index (χ1) is 8.58. The molecule has 0 aromatic heterocycles. The monoisotopic (exact) mass is 313 g/mol. The van der Waals surface area contributed by atoms with E-state index in [2.05, 4.69) is 54.2 Å². The molecule has 0 aliphatic carbocycles. The minimum absolute atomic E-state index is 0.418. The number of rotatable bonds is 7. The number of hydrogen-bond acceptors (Lipinski definition) is 2. The third-order valence-electron chi connectivity index (χ3n) is 2.82. The predicted octanol–water partition coefficient (Wildman–Crippen LogP) is 4.54. The van der Waals surface area contributed by atoms with Crippen molar-refractivity contribution in [3.63, 3.8) is 0 Å². The molecular formula is C15H24BrNO. The van der Waals surface area contributed by atoms with Crippen molar-refractivity contribution in [3.05, 3.63) is 28.2 Å². The maximum atomic E-state index is 5.55. The molecule has 1 unspecified atom stereocenters. The highest BCUT2D eigenvalue weighted by atomic mass is 79.9. The van der Waals surface area contributed by atoms with Crippen LogP contribution in [0.1, 0.15) is 45.7 Å². The molecule has 2 nitrogen and oxygen atoms in total. The Bertz CT molecular complexity index is 366. The second kappa shape index (κ2) is 7.80. The molecule has 1 atom stereocenters. The summed E-state index contributed by atoms with van der Waals surface area (Å²) < 4.78 is 6.58. The van der Waals surface area contributed by atoms with Crippen molar-refractivity contribution in [2.45, 2.75) is 40.2 Å². The Balaban J connectivity index is 2.88. The Labute approximate surface area is 119 Å². The summed E-state index contributed by atoms with van der Waals surface area (Å²) in [4.78, 5) is 0. The molecule has 0 aliphatic rings. The highest BCUT2D eigenvalue weighted by Gasteiger charge is 2.13. The molecule has 0 saturated heterocycles. The highest BCUT2D eigenvalue weighted by molar-refractivity contribution is 9.10. The number of ether oxygens (including phenoxy) is 1. The minimum atomic E-state index is 0.418. The molecule has 1 rings (SSSR count). The molecule has 0 amide bonds. The van der Waals surface area contributed by atoms with Gasteiger partial charge in [0.2, 0.25) is 0 Å². The first-order valence-electron chi connectivity index (χ1n) is 6.74. The van der Waals surface area contributed by atoms with Gasteiger partial charge in [-0.3, -0.25) is 0 Å². The zero-order chi connectivity index (χ0) is 13.5. The Morgan fingerprint density at radius 2 is 2.00 bits per heavy atom. The van der Waals surface area contributed by atoms with Gasteiger partial charge in [0.15, 0.2) is 0 Å². The van der Waals surface area contributed by atoms with E-state index in [1.54, 1.807) is 0 Å². The maximum Gasteiger partial charge on any atom is 0.133 e. The zero-order valence-corrected chi connectivity index (χ0v) is 13.4. The van der Waals surface area contributed by atoms with Gasteiger partial charge in [0.25, 0.3) is 0 Å². The fourth-order valence-corrected chi connectivity index (χ4v) is 2.57. The fourth-order valence-electron chi connectivity index (χ4n) is 2.06. The van der Waals surface area contributed by atoms with Crippen LogP contribution in [0.25, 0.3) is 0 Å². The van der Waals surface area contributed by atoms with Gasteiger partial charge in [-0.25, -0.2) is 0 Å². The molecule has 102 valence electrons. The van der Waals surface area contributed by atoms with Gasteiger partial charge in [0, 0.05) is 6.04 Å². The summed E-state index contributed by atoms with van der Waals surface area (Å²) in [6, 6.07) is 6.79. The molecule has 1 N–H and O–H groups in total. The lowest BCUT2D eigenvalue weighted by molar-refractivity contribution is 0.337. The van der Waals surface area contributed by atoms with Crippen LogP contribution in [0.3, 0.4) is 0 Å². The van der Waals surface area contributed by atoms with E-state index in [1.165, 1.54) is 5.56 Å². The molecule has 3 heteroatoms. The largest absolute Gasteiger partial charge is 0.493 e. The second-order valence-electron chi connectivity index (χ2n) is 4.86. The van der Waals surface area contributed by atoms with Gasteiger partial charge in [-0.1, -0.05) is 26.8 Å². The number of nitrogens with one attached hydrogen (secondary N) is 1. The summed E-state index contributed by atoms with van der Waals surface area (Å²) in [5, 5.41) is 3.55. The summed E-state index contributed by atoms with van der Waals surface area (Å²) in [5.74, 6) is 1.60. The molecule has 1 aromatic rings. The molecule has 0 fully saturated rings. The van der Waals surface area contributed by atoms with Crippen LogP contribution in [-0.2, 0) is 0 Å². The SMILES string of the molecule is CCNC(CC(C)C)c1ccc(OCC)c(Br)c1. The molecule has 0 aliphatic heterocycles. The molecule has 0 radical (unpaired) electrons. The minimum Gasteiger partial charge on any atom is -0.493 e. The van der Waals surface area contributed by atoms with Crippen molar-refractivity contribution >= 4 is 15.9 Å². The van der Waals surface area contributed by atoms with E-state index < -0.39 is 0 Å². The summed E-state index contributed by atoms with van der Waals surface area (Å²) in [7, 11) is 0. The number of benzene rings is 1. The van der Waals surface area contributed by atoms with Crippen molar-refractivity contribution in [2.24, 2.45) is 5.92 Å². The van der Waals surface area contributed by atoms with E-state index in [4.69, 9.17) is 4.74 Å². The van der Waals surface area contributed by atoms with Gasteiger partial charge in [-0.15, -0.1) is 0 Å². The summed E-state index contributed by atoms with van der Waals surface area (Å²) >= 11 is 3.58. The molecule has 0 saturated carbocycles. The van der Waals surface area contributed by atoms with Crippen LogP contribution in [-0.4, -0.2) is 13.2 Å². The van der Waals surface area contributed by atoms with E-state index >= 15 is 0 Å². The summed E-state index contributed by atoms with van der Waals surface area (Å²) in [5.41, 5.74) is 1.32. The van der Waals surface area contributed by atoms with Gasteiger partial charge in [0.05, 0.1) is 11.1 Å². The standard InChI is InChI=1S/C15H24BrNO/c1-5-17-14(9-11(3)4)12-7-8-15(18-6-2)13(16)10-12/h7-8,10-11,14,17H,5-6,9H2,1-4H3. The average Bonchev–Trinajstić information content (AvgIpc) is 2.31. The Hall–Kier alpha value is -0.540. The van der Waals surface area contributed by atoms with Crippen LogP contribution in [0.2, 0.25) is 0 Å². The Kier molecular flexibility index (Phi) is 6.72. The first kappa shape index (κ1) is 15.5. The van der Waals surface area contributed by atoms with Crippen LogP contribution in [0.4, 0.5) is 0 Å². The number of halogens is 1. The third-order valence-corrected chi connectivity index (χ3v) is 3.44. The molecule has 1 aromatic carbocycles. The summed E-state index contributed by atoms with van der Waals surface area (Å²) in [6.07, 6.45) is 1.15. The Morgan fingerprint density at radius 3 is 2.50 bits per heavy atom. The normalized spacial score (nSPS) is 12.8. The van der Waals surface area contributed by atoms with Crippen LogP contribution >= 0.6 is 15.9 Å². The molecule has 0 heterocycles. The molecular weight excluding hydrogens is 290 g/mol. The topological polar surface area (TPSA) is 21.3 Å². The van der Waals surface area contributed by atoms with Crippen LogP contribution in [0.15, 0.2) is 22.7 Å². The van der Waals surface area contributed by atoms with Crippen molar-refractivity contribution in [2.75, 3.05) is 13.2 Å². The van der Waals surface area contributed by atoms with E-state index in [1.807, 2.05) is 13.0 Å². The lowest BCUT2D eigenvalue weighted by atomic mass is 9.97. The quantitative estimate of drug-likeness (QED) is 0.797. The fraction of sp³-hybridized carbons (Fsp3) is 0.600. The van der Waals surface area contributed by atoms with Gasteiger partial charge in [-0.2, -0.15) is 0 Å². The van der Waals surface area contributed by atoms with Crippen LogP contribution in [0.5, 0.6) is 5.75 Å². The zero-order valence-electron chi connectivity index (χ0n) is 11.8. The highest BCUT2D eigenvalue weighted by Crippen LogP contribution is 2.30. The van der Waals surface area contributed by atoms with Crippen LogP contribution < -0.4 is 10.1 Å². The van der Waals surface area contributed by atoms with Crippen molar-refractivity contribution in [3.8, 4) is 5.75 Å². The summed E-state index contributed by atoms with van der Waals surface area (Å²) in [6.45, 7) is 10.3. The second-order valence-corrected chi connectivity index (χ2v) is 5.72. The lowest BCUT2D eigenvalue weighted by Crippen LogP contribution is -2.22. The molecule has 0 spiro atoms. The third kappa shape index (κ3) is 4.62. The van der Waals surface area contributed by atoms with Gasteiger partial charge in [0.1, 0.15) is 5.75 Å². The van der Waals surface area contributed by atoms with E-state index in [9.17, 15) is 0 Å². The lowest BCUT2D eigenvalue weighted by Gasteiger charge is -2.21. The molecule has 0 bridgehead atoms. The van der Waals surface area contributed by atoms with Crippen LogP contribution in [0, 0.1) is 5.92 Å². The molecule has 18 heavy (non-hydrogen) atoms.